The van der Waals surface area contributed by atoms with Gasteiger partial charge in [-0.15, -0.1) is 0 Å². The Morgan fingerprint density at radius 2 is 2.24 bits per heavy atom. The highest BCUT2D eigenvalue weighted by Crippen LogP contribution is 2.19. The summed E-state index contributed by atoms with van der Waals surface area (Å²) in [4.78, 5) is 0. The Morgan fingerprint density at radius 1 is 1.47 bits per heavy atom. The van der Waals surface area contributed by atoms with E-state index in [1.807, 2.05) is 0 Å². The maximum atomic E-state index is 11.8. The molecule has 1 saturated carbocycles. The van der Waals surface area contributed by atoms with Gasteiger partial charge in [0.15, 0.2) is 0 Å². The number of aliphatic hydroxyl groups excluding tert-OH is 1. The third kappa shape index (κ3) is 3.52. The van der Waals surface area contributed by atoms with Crippen LogP contribution >= 0.6 is 0 Å². The van der Waals surface area contributed by atoms with Gasteiger partial charge in [0.05, 0.1) is 11.8 Å². The van der Waals surface area contributed by atoms with E-state index in [-0.39, 0.29) is 11.8 Å². The molecule has 96 valence electrons. The van der Waals surface area contributed by atoms with E-state index in [1.54, 1.807) is 0 Å². The molecule has 6 nitrogen and oxygen atoms in total. The third-order valence-electron chi connectivity index (χ3n) is 2.89. The van der Waals surface area contributed by atoms with Gasteiger partial charge in [-0.05, 0) is 12.8 Å². The van der Waals surface area contributed by atoms with E-state index >= 15 is 0 Å². The van der Waals surface area contributed by atoms with Crippen LogP contribution in [0.1, 0.15) is 31.4 Å². The van der Waals surface area contributed by atoms with Gasteiger partial charge in [0.2, 0.25) is 10.0 Å². The highest BCUT2D eigenvalue weighted by molar-refractivity contribution is 7.88. The molecule has 0 aliphatic heterocycles. The fourth-order valence-electron chi connectivity index (χ4n) is 2.03. The molecule has 0 spiro atoms. The molecule has 0 aromatic carbocycles. The average Bonchev–Trinajstić information content (AvgIpc) is 2.73. The lowest BCUT2D eigenvalue weighted by Gasteiger charge is -2.27. The molecule has 1 aromatic rings. The molecular weight excluding hydrogens is 244 g/mol. The molecule has 0 saturated heterocycles. The van der Waals surface area contributed by atoms with Crippen LogP contribution in [0.2, 0.25) is 0 Å². The van der Waals surface area contributed by atoms with Crippen molar-refractivity contribution >= 4 is 10.0 Å². The van der Waals surface area contributed by atoms with E-state index in [2.05, 4.69) is 14.4 Å². The number of rotatable bonds is 4. The van der Waals surface area contributed by atoms with E-state index in [9.17, 15) is 13.5 Å². The smallest absolute Gasteiger partial charge is 0.217 e. The van der Waals surface area contributed by atoms with Gasteiger partial charge < -0.3 is 9.63 Å². The van der Waals surface area contributed by atoms with Crippen LogP contribution < -0.4 is 4.72 Å². The summed E-state index contributed by atoms with van der Waals surface area (Å²) in [5.74, 6) is -0.216. The topological polar surface area (TPSA) is 92.4 Å². The van der Waals surface area contributed by atoms with Gasteiger partial charge in [-0.2, -0.15) is 0 Å². The summed E-state index contributed by atoms with van der Waals surface area (Å²) in [5, 5.41) is 13.3. The summed E-state index contributed by atoms with van der Waals surface area (Å²) >= 11 is 0. The normalized spacial score (nSPS) is 25.9. The lowest BCUT2D eigenvalue weighted by atomic mass is 9.93. The Morgan fingerprint density at radius 3 is 2.88 bits per heavy atom. The SMILES string of the molecule is O=S(=O)(Cc1ccon1)NC1CCCCC1O. The van der Waals surface area contributed by atoms with Crippen LogP contribution in [0.25, 0.3) is 0 Å². The number of nitrogens with zero attached hydrogens (tertiary/aromatic N) is 1. The second-order valence-electron chi connectivity index (χ2n) is 4.33. The van der Waals surface area contributed by atoms with Crippen LogP contribution in [-0.4, -0.2) is 30.8 Å². The molecular formula is C10H16N2O4S. The van der Waals surface area contributed by atoms with Crippen molar-refractivity contribution in [2.24, 2.45) is 0 Å². The first-order valence-corrected chi connectivity index (χ1v) is 7.29. The Hall–Kier alpha value is -0.920. The molecule has 7 heteroatoms. The van der Waals surface area contributed by atoms with Crippen LogP contribution in [0.5, 0.6) is 0 Å². The molecule has 2 unspecified atom stereocenters. The molecule has 0 amide bonds. The van der Waals surface area contributed by atoms with Gasteiger partial charge in [0.25, 0.3) is 0 Å². The van der Waals surface area contributed by atoms with E-state index in [0.29, 0.717) is 18.5 Å². The van der Waals surface area contributed by atoms with Crippen molar-refractivity contribution in [1.82, 2.24) is 9.88 Å². The van der Waals surface area contributed by atoms with Crippen molar-refractivity contribution in [3.05, 3.63) is 18.0 Å². The minimum absolute atomic E-state index is 0.216. The Labute approximate surface area is 100 Å². The number of hydrogen-bond donors (Lipinski definition) is 2. The first-order chi connectivity index (χ1) is 8.07. The molecule has 1 aliphatic rings. The summed E-state index contributed by atoms with van der Waals surface area (Å²) in [6.07, 6.45) is 3.96. The molecule has 0 bridgehead atoms. The molecule has 0 radical (unpaired) electrons. The van der Waals surface area contributed by atoms with Gasteiger partial charge in [0, 0.05) is 12.1 Å². The molecule has 17 heavy (non-hydrogen) atoms. The van der Waals surface area contributed by atoms with Gasteiger partial charge >= 0.3 is 0 Å². The minimum atomic E-state index is -3.47. The summed E-state index contributed by atoms with van der Waals surface area (Å²) < 4.78 is 30.7. The van der Waals surface area contributed by atoms with Gasteiger partial charge in [-0.25, -0.2) is 13.1 Å². The molecule has 2 rings (SSSR count). The fourth-order valence-corrected chi connectivity index (χ4v) is 3.39. The standard InChI is InChI=1S/C10H16N2O4S/c13-10-4-2-1-3-9(10)12-17(14,15)7-8-5-6-16-11-8/h5-6,9-10,12-13H,1-4,7H2. The number of aromatic nitrogens is 1. The zero-order valence-electron chi connectivity index (χ0n) is 9.37. The Balaban J connectivity index is 1.96. The molecule has 1 aromatic heterocycles. The lowest BCUT2D eigenvalue weighted by Crippen LogP contribution is -2.45. The van der Waals surface area contributed by atoms with Crippen molar-refractivity contribution in [3.63, 3.8) is 0 Å². The van der Waals surface area contributed by atoms with Crippen molar-refractivity contribution in [1.29, 1.82) is 0 Å². The van der Waals surface area contributed by atoms with Gasteiger partial charge in [-0.3, -0.25) is 0 Å². The second-order valence-corrected chi connectivity index (χ2v) is 6.08. The summed E-state index contributed by atoms with van der Waals surface area (Å²) in [6, 6.07) is 1.14. The van der Waals surface area contributed by atoms with Crippen LogP contribution in [0, 0.1) is 0 Å². The summed E-state index contributed by atoms with van der Waals surface area (Å²) in [6.45, 7) is 0. The van der Waals surface area contributed by atoms with Crippen molar-refractivity contribution in [2.45, 2.75) is 43.6 Å². The summed E-state index contributed by atoms with van der Waals surface area (Å²) in [7, 11) is -3.47. The third-order valence-corrected chi connectivity index (χ3v) is 4.23. The molecule has 2 N–H and O–H groups in total. The number of aliphatic hydroxyl groups is 1. The number of sulfonamides is 1. The zero-order valence-corrected chi connectivity index (χ0v) is 10.2. The van der Waals surface area contributed by atoms with E-state index in [4.69, 9.17) is 0 Å². The first kappa shape index (κ1) is 12.5. The summed E-state index contributed by atoms with van der Waals surface area (Å²) in [5.41, 5.74) is 0.364. The van der Waals surface area contributed by atoms with Crippen molar-refractivity contribution < 1.29 is 18.0 Å². The van der Waals surface area contributed by atoms with Crippen molar-refractivity contribution in [3.8, 4) is 0 Å². The number of nitrogens with one attached hydrogen (secondary N) is 1. The maximum Gasteiger partial charge on any atom is 0.217 e. The van der Waals surface area contributed by atoms with E-state index in [0.717, 1.165) is 12.8 Å². The molecule has 1 fully saturated rings. The number of hydrogen-bond acceptors (Lipinski definition) is 5. The molecule has 1 aliphatic carbocycles. The van der Waals surface area contributed by atoms with Crippen LogP contribution in [0.3, 0.4) is 0 Å². The lowest BCUT2D eigenvalue weighted by molar-refractivity contribution is 0.101. The second kappa shape index (κ2) is 5.16. The molecule has 1 heterocycles. The Bertz CT molecular complexity index is 443. The minimum Gasteiger partial charge on any atom is -0.391 e. The van der Waals surface area contributed by atoms with Crippen LogP contribution in [0.4, 0.5) is 0 Å². The van der Waals surface area contributed by atoms with Crippen LogP contribution in [-0.2, 0) is 15.8 Å². The van der Waals surface area contributed by atoms with E-state index < -0.39 is 16.1 Å². The highest BCUT2D eigenvalue weighted by atomic mass is 32.2. The average molecular weight is 260 g/mol. The predicted octanol–water partition coefficient (Wildman–Crippen LogP) is 0.398. The van der Waals surface area contributed by atoms with Crippen molar-refractivity contribution in [2.75, 3.05) is 0 Å². The largest absolute Gasteiger partial charge is 0.391 e. The predicted molar refractivity (Wildman–Crippen MR) is 60.5 cm³/mol. The maximum absolute atomic E-state index is 11.8. The van der Waals surface area contributed by atoms with Gasteiger partial charge in [-0.1, -0.05) is 18.0 Å². The fraction of sp³-hybridized carbons (Fsp3) is 0.700. The quantitative estimate of drug-likeness (QED) is 0.817. The zero-order chi connectivity index (χ0) is 12.3. The highest BCUT2D eigenvalue weighted by Gasteiger charge is 2.27. The van der Waals surface area contributed by atoms with Gasteiger partial charge in [0.1, 0.15) is 12.0 Å². The Kier molecular flexibility index (Phi) is 3.80. The first-order valence-electron chi connectivity index (χ1n) is 5.64. The molecule has 2 atom stereocenters. The monoisotopic (exact) mass is 260 g/mol. The van der Waals surface area contributed by atoms with Crippen LogP contribution in [0.15, 0.2) is 16.9 Å². The van der Waals surface area contributed by atoms with E-state index in [1.165, 1.54) is 12.3 Å².